The molecule has 1 fully saturated rings. The second-order valence-corrected chi connectivity index (χ2v) is 12.8. The standard InChI is InChI=1S/C8H18ClSi2/c1-3-11(4-2)7-5-10(9)6-8-11/h3-8H2,1-2H3. The Morgan fingerprint density at radius 3 is 2.00 bits per heavy atom. The fourth-order valence-corrected chi connectivity index (χ4v) is 12.5. The second-order valence-electron chi connectivity index (χ2n) is 3.72. The van der Waals surface area contributed by atoms with Gasteiger partial charge in [-0.3, -0.25) is 0 Å². The summed E-state index contributed by atoms with van der Waals surface area (Å²) in [5, 5.41) is 0. The first-order valence-corrected chi connectivity index (χ1v) is 10.5. The highest BCUT2D eigenvalue weighted by atomic mass is 35.6. The summed E-state index contributed by atoms with van der Waals surface area (Å²) in [7, 11) is -1.11. The summed E-state index contributed by atoms with van der Waals surface area (Å²) in [5.74, 6) is 0. The summed E-state index contributed by atoms with van der Waals surface area (Å²) in [6, 6.07) is 8.88. The van der Waals surface area contributed by atoms with Crippen molar-refractivity contribution >= 4 is 27.3 Å². The molecule has 0 amide bonds. The topological polar surface area (TPSA) is 0 Å². The van der Waals surface area contributed by atoms with Crippen LogP contribution in [0.25, 0.3) is 0 Å². The zero-order valence-electron chi connectivity index (χ0n) is 7.62. The van der Waals surface area contributed by atoms with Crippen molar-refractivity contribution in [2.75, 3.05) is 0 Å². The van der Waals surface area contributed by atoms with Gasteiger partial charge in [0.2, 0.25) is 0 Å². The summed E-state index contributed by atoms with van der Waals surface area (Å²) in [4.78, 5) is 0. The molecule has 0 N–H and O–H groups in total. The lowest BCUT2D eigenvalue weighted by Crippen LogP contribution is -2.37. The fourth-order valence-electron chi connectivity index (χ4n) is 2.01. The van der Waals surface area contributed by atoms with Crippen LogP contribution in [0.2, 0.25) is 36.3 Å². The Morgan fingerprint density at radius 2 is 1.64 bits per heavy atom. The van der Waals surface area contributed by atoms with Crippen molar-refractivity contribution in [1.29, 1.82) is 0 Å². The lowest BCUT2D eigenvalue weighted by molar-refractivity contribution is 1.06. The van der Waals surface area contributed by atoms with E-state index in [-0.39, 0.29) is 8.11 Å². The zero-order valence-corrected chi connectivity index (χ0v) is 10.4. The van der Waals surface area contributed by atoms with Crippen LogP contribution in [0.1, 0.15) is 13.8 Å². The molecule has 0 spiro atoms. The van der Waals surface area contributed by atoms with Crippen LogP contribution in [0.4, 0.5) is 0 Å². The van der Waals surface area contributed by atoms with Crippen LogP contribution in [0.5, 0.6) is 0 Å². The Morgan fingerprint density at radius 1 is 1.18 bits per heavy atom. The average molecular weight is 206 g/mol. The second kappa shape index (κ2) is 4.10. The van der Waals surface area contributed by atoms with Crippen molar-refractivity contribution in [2.24, 2.45) is 0 Å². The van der Waals surface area contributed by atoms with Crippen molar-refractivity contribution in [3.05, 3.63) is 0 Å². The van der Waals surface area contributed by atoms with Crippen molar-refractivity contribution in [3.63, 3.8) is 0 Å². The van der Waals surface area contributed by atoms with E-state index in [0.29, 0.717) is 0 Å². The van der Waals surface area contributed by atoms with E-state index in [9.17, 15) is 0 Å². The summed E-state index contributed by atoms with van der Waals surface area (Å²) in [5.41, 5.74) is 0. The van der Waals surface area contributed by atoms with E-state index < -0.39 is 8.07 Å². The Hall–Kier alpha value is 0.724. The van der Waals surface area contributed by atoms with Gasteiger partial charge in [-0.05, 0) is 12.1 Å². The summed E-state index contributed by atoms with van der Waals surface area (Å²) in [6.07, 6.45) is 0. The maximum atomic E-state index is 6.18. The van der Waals surface area contributed by atoms with E-state index >= 15 is 0 Å². The van der Waals surface area contributed by atoms with Crippen LogP contribution in [0.15, 0.2) is 0 Å². The maximum absolute atomic E-state index is 6.18. The van der Waals surface area contributed by atoms with Gasteiger partial charge < -0.3 is 0 Å². The molecule has 1 rings (SSSR count). The Labute approximate surface area is 77.7 Å². The van der Waals surface area contributed by atoms with Crippen LogP contribution < -0.4 is 0 Å². The van der Waals surface area contributed by atoms with Gasteiger partial charge in [0, 0.05) is 0 Å². The molecule has 0 nitrogen and oxygen atoms in total. The first-order valence-electron chi connectivity index (χ1n) is 4.72. The molecule has 0 unspecified atom stereocenters. The minimum atomic E-state index is -0.731. The lowest BCUT2D eigenvalue weighted by Gasteiger charge is -2.34. The highest BCUT2D eigenvalue weighted by Gasteiger charge is 2.34. The predicted molar refractivity (Wildman–Crippen MR) is 57.6 cm³/mol. The number of hydrogen-bond donors (Lipinski definition) is 0. The van der Waals surface area contributed by atoms with Gasteiger partial charge in [0.25, 0.3) is 0 Å². The normalized spacial score (nSPS) is 25.4. The van der Waals surface area contributed by atoms with E-state index in [2.05, 4.69) is 13.8 Å². The molecule has 11 heavy (non-hydrogen) atoms. The molecular formula is C8H18ClSi2. The molecule has 0 aromatic rings. The highest BCUT2D eigenvalue weighted by Crippen LogP contribution is 2.36. The first-order chi connectivity index (χ1) is 5.22. The van der Waals surface area contributed by atoms with E-state index in [1.807, 2.05) is 0 Å². The van der Waals surface area contributed by atoms with Crippen LogP contribution in [-0.2, 0) is 0 Å². The van der Waals surface area contributed by atoms with Gasteiger partial charge in [0.05, 0.1) is 8.07 Å². The molecular weight excluding hydrogens is 188 g/mol. The zero-order chi connectivity index (χ0) is 8.32. The largest absolute Gasteiger partial charge is 0.169 e. The highest BCUT2D eigenvalue weighted by molar-refractivity contribution is 7.08. The third-order valence-electron chi connectivity index (χ3n) is 3.35. The molecule has 1 aliphatic rings. The van der Waals surface area contributed by atoms with Crippen LogP contribution >= 0.6 is 11.1 Å². The van der Waals surface area contributed by atoms with Gasteiger partial charge in [-0.25, -0.2) is 0 Å². The lowest BCUT2D eigenvalue weighted by atomic mass is 10.9. The molecule has 1 aliphatic heterocycles. The summed E-state index contributed by atoms with van der Waals surface area (Å²) < 4.78 is 0. The van der Waals surface area contributed by atoms with Crippen molar-refractivity contribution in [2.45, 2.75) is 50.1 Å². The SMILES string of the molecule is CC[Si]1(CC)CC[Si](Cl)CC1. The van der Waals surface area contributed by atoms with Gasteiger partial charge in [0.1, 0.15) is 0 Å². The molecule has 0 aromatic carbocycles. The van der Waals surface area contributed by atoms with Gasteiger partial charge in [0.15, 0.2) is 8.11 Å². The van der Waals surface area contributed by atoms with Crippen LogP contribution in [-0.4, -0.2) is 16.2 Å². The molecule has 0 saturated carbocycles. The van der Waals surface area contributed by atoms with Crippen molar-refractivity contribution in [1.82, 2.24) is 0 Å². The number of rotatable bonds is 2. The van der Waals surface area contributed by atoms with E-state index in [1.165, 1.54) is 36.3 Å². The smallest absolute Gasteiger partial charge is 0.164 e. The summed E-state index contributed by atoms with van der Waals surface area (Å²) in [6.45, 7) is 4.78. The van der Waals surface area contributed by atoms with Gasteiger partial charge in [-0.15, -0.1) is 0 Å². The minimum Gasteiger partial charge on any atom is -0.169 e. The van der Waals surface area contributed by atoms with Crippen molar-refractivity contribution in [3.8, 4) is 0 Å². The molecule has 0 aliphatic carbocycles. The average Bonchev–Trinajstić information content (AvgIpc) is 2.07. The van der Waals surface area contributed by atoms with Crippen LogP contribution in [0, 0.1) is 0 Å². The maximum Gasteiger partial charge on any atom is 0.164 e. The quantitative estimate of drug-likeness (QED) is 0.476. The van der Waals surface area contributed by atoms with Gasteiger partial charge >= 0.3 is 0 Å². The Kier molecular flexibility index (Phi) is 3.66. The molecule has 3 heteroatoms. The van der Waals surface area contributed by atoms with Gasteiger partial charge in [-0.1, -0.05) is 38.0 Å². The van der Waals surface area contributed by atoms with E-state index in [0.717, 1.165) is 0 Å². The monoisotopic (exact) mass is 205 g/mol. The predicted octanol–water partition coefficient (Wildman–Crippen LogP) is 3.72. The molecule has 0 bridgehead atoms. The first kappa shape index (κ1) is 9.81. The molecule has 1 radical (unpaired) electrons. The third kappa shape index (κ3) is 2.33. The molecule has 65 valence electrons. The molecule has 0 atom stereocenters. The molecule has 1 saturated heterocycles. The molecule has 0 aromatic heterocycles. The molecule has 1 heterocycles. The van der Waals surface area contributed by atoms with Crippen molar-refractivity contribution < 1.29 is 0 Å². The third-order valence-corrected chi connectivity index (χ3v) is 12.7. The Bertz CT molecular complexity index is 113. The fraction of sp³-hybridized carbons (Fsp3) is 1.00. The van der Waals surface area contributed by atoms with E-state index in [1.54, 1.807) is 0 Å². The van der Waals surface area contributed by atoms with Gasteiger partial charge in [-0.2, -0.15) is 11.1 Å². The number of halogens is 1. The Balaban J connectivity index is 2.45. The van der Waals surface area contributed by atoms with E-state index in [4.69, 9.17) is 11.1 Å². The minimum absolute atomic E-state index is 0.376. The summed E-state index contributed by atoms with van der Waals surface area (Å²) >= 11 is 6.18. The van der Waals surface area contributed by atoms with Crippen LogP contribution in [0.3, 0.4) is 0 Å². The number of hydrogen-bond acceptors (Lipinski definition) is 0.